The number of carbonyl (C=O) groups excluding carboxylic acids is 1. The normalized spacial score (nSPS) is 19.0. The van der Waals surface area contributed by atoms with E-state index in [0.29, 0.717) is 66.4 Å². The molecule has 2 aliphatic heterocycles. The predicted molar refractivity (Wildman–Crippen MR) is 134 cm³/mol. The van der Waals surface area contributed by atoms with E-state index < -0.39 is 17.1 Å². The number of anilines is 1. The Bertz CT molecular complexity index is 1200. The van der Waals surface area contributed by atoms with Crippen molar-refractivity contribution < 1.29 is 13.6 Å². The molecule has 2 aromatic rings. The van der Waals surface area contributed by atoms with Crippen LogP contribution in [0.15, 0.2) is 35.4 Å². The zero-order valence-corrected chi connectivity index (χ0v) is 20.9. The fourth-order valence-electron chi connectivity index (χ4n) is 5.04. The number of hydrogen-bond donors (Lipinski definition) is 1. The Hall–Kier alpha value is -3.21. The summed E-state index contributed by atoms with van der Waals surface area (Å²) < 4.78 is 27.4. The Morgan fingerprint density at radius 2 is 1.86 bits per heavy atom. The van der Waals surface area contributed by atoms with Crippen LogP contribution in [0.1, 0.15) is 53.7 Å². The van der Waals surface area contributed by atoms with E-state index >= 15 is 0 Å². The molecule has 2 N–H and O–H groups in total. The third-order valence-corrected chi connectivity index (χ3v) is 8.15. The highest BCUT2D eigenvalue weighted by molar-refractivity contribution is 8.00. The minimum absolute atomic E-state index is 0.0651. The molecule has 1 aromatic heterocycles. The van der Waals surface area contributed by atoms with Crippen LogP contribution in [0.4, 0.5) is 14.6 Å². The number of aromatic nitrogens is 1. The molecule has 2 aliphatic rings. The molecule has 1 atom stereocenters. The van der Waals surface area contributed by atoms with Crippen molar-refractivity contribution in [3.05, 3.63) is 52.6 Å². The molecule has 7 nitrogen and oxygen atoms in total. The molecule has 36 heavy (non-hydrogen) atoms. The van der Waals surface area contributed by atoms with Gasteiger partial charge in [-0.2, -0.15) is 10.5 Å². The van der Waals surface area contributed by atoms with Gasteiger partial charge in [-0.1, -0.05) is 49.0 Å². The predicted octanol–water partition coefficient (Wildman–Crippen LogP) is 4.02. The number of primary amides is 1. The molecule has 1 unspecified atom stereocenters. The van der Waals surface area contributed by atoms with Crippen LogP contribution in [0.2, 0.25) is 0 Å². The summed E-state index contributed by atoms with van der Waals surface area (Å²) in [5, 5.41) is 19.6. The van der Waals surface area contributed by atoms with Gasteiger partial charge in [-0.05, 0) is 30.4 Å². The van der Waals surface area contributed by atoms with Crippen molar-refractivity contribution in [2.75, 3.05) is 31.1 Å². The number of thioether (sulfide) groups is 1. The Balaban J connectivity index is 1.65. The van der Waals surface area contributed by atoms with Crippen molar-refractivity contribution in [3.63, 3.8) is 0 Å². The van der Waals surface area contributed by atoms with Crippen molar-refractivity contribution in [1.29, 1.82) is 10.5 Å². The number of nitrogens with zero attached hydrogens (tertiary/aromatic N) is 5. The zero-order chi connectivity index (χ0) is 25.9. The Morgan fingerprint density at radius 1 is 1.19 bits per heavy atom. The average molecular weight is 511 g/mol. The van der Waals surface area contributed by atoms with Gasteiger partial charge in [-0.3, -0.25) is 9.69 Å². The molecule has 10 heteroatoms. The van der Waals surface area contributed by atoms with Gasteiger partial charge < -0.3 is 10.6 Å². The minimum Gasteiger partial charge on any atom is -0.368 e. The first-order valence-corrected chi connectivity index (χ1v) is 12.9. The number of rotatable bonds is 7. The molecular weight excluding hydrogens is 482 g/mol. The maximum Gasteiger partial charge on any atom is 0.261 e. The summed E-state index contributed by atoms with van der Waals surface area (Å²) >= 11 is 1.11. The number of piperidine rings is 1. The van der Waals surface area contributed by atoms with Crippen molar-refractivity contribution in [1.82, 2.24) is 9.88 Å². The smallest absolute Gasteiger partial charge is 0.261 e. The monoisotopic (exact) mass is 510 g/mol. The van der Waals surface area contributed by atoms with Gasteiger partial charge in [0, 0.05) is 32.1 Å². The van der Waals surface area contributed by atoms with Crippen LogP contribution >= 0.6 is 11.8 Å². The maximum absolute atomic E-state index is 13.7. The van der Waals surface area contributed by atoms with E-state index in [-0.39, 0.29) is 24.6 Å². The first kappa shape index (κ1) is 25.9. The van der Waals surface area contributed by atoms with Crippen LogP contribution in [-0.2, 0) is 11.2 Å². The first-order chi connectivity index (χ1) is 17.3. The van der Waals surface area contributed by atoms with Crippen LogP contribution in [0.3, 0.4) is 0 Å². The lowest BCUT2D eigenvalue weighted by Crippen LogP contribution is -2.45. The fraction of sp³-hybridized carbons (Fsp3) is 0.462. The van der Waals surface area contributed by atoms with Gasteiger partial charge in [0.1, 0.15) is 28.2 Å². The van der Waals surface area contributed by atoms with Crippen molar-refractivity contribution in [2.45, 2.75) is 54.8 Å². The van der Waals surface area contributed by atoms with Crippen molar-refractivity contribution in [2.24, 2.45) is 5.73 Å². The number of carbonyl (C=O) groups is 1. The summed E-state index contributed by atoms with van der Waals surface area (Å²) in [5.41, 5.74) is 7.63. The Labute approximate surface area is 213 Å². The number of alkyl halides is 2. The number of likely N-dealkylation sites (tertiary alicyclic amines) is 1. The topological polar surface area (TPSA) is 110 Å². The summed E-state index contributed by atoms with van der Waals surface area (Å²) in [5.74, 6) is -2.71. The molecule has 4 rings (SSSR count). The largest absolute Gasteiger partial charge is 0.368 e. The van der Waals surface area contributed by atoms with Gasteiger partial charge in [-0.15, -0.1) is 0 Å². The molecule has 1 amide bonds. The van der Waals surface area contributed by atoms with Crippen LogP contribution in [0.25, 0.3) is 0 Å². The number of hydrogen-bond acceptors (Lipinski definition) is 7. The molecule has 0 bridgehead atoms. The quantitative estimate of drug-likeness (QED) is 0.560. The van der Waals surface area contributed by atoms with E-state index in [1.54, 1.807) is 12.1 Å². The summed E-state index contributed by atoms with van der Waals surface area (Å²) in [6.45, 7) is 3.19. The summed E-state index contributed by atoms with van der Waals surface area (Å²) in [6.07, 6.45) is 1.70. The molecule has 0 saturated carbocycles. The molecule has 188 valence electrons. The van der Waals surface area contributed by atoms with Crippen LogP contribution < -0.4 is 10.6 Å². The second-order valence-electron chi connectivity index (χ2n) is 9.15. The van der Waals surface area contributed by atoms with Crippen molar-refractivity contribution >= 4 is 23.5 Å². The first-order valence-electron chi connectivity index (χ1n) is 12.0. The Morgan fingerprint density at radius 3 is 2.39 bits per heavy atom. The summed E-state index contributed by atoms with van der Waals surface area (Å²) in [6, 6.07) is 13.5. The highest BCUT2D eigenvalue weighted by Gasteiger charge is 2.41. The summed E-state index contributed by atoms with van der Waals surface area (Å²) in [7, 11) is 0. The van der Waals surface area contributed by atoms with E-state index in [2.05, 4.69) is 12.1 Å². The van der Waals surface area contributed by atoms with E-state index in [0.717, 1.165) is 11.8 Å². The lowest BCUT2D eigenvalue weighted by Gasteiger charge is -2.37. The zero-order valence-electron chi connectivity index (χ0n) is 20.1. The van der Waals surface area contributed by atoms with E-state index in [4.69, 9.17) is 10.7 Å². The van der Waals surface area contributed by atoms with E-state index in [1.807, 2.05) is 34.9 Å². The Kier molecular flexibility index (Phi) is 7.77. The van der Waals surface area contributed by atoms with Gasteiger partial charge in [0.25, 0.3) is 5.92 Å². The second-order valence-corrected chi connectivity index (χ2v) is 10.2. The molecule has 0 aliphatic carbocycles. The highest BCUT2D eigenvalue weighted by atomic mass is 32.2. The average Bonchev–Trinajstić information content (AvgIpc) is 3.26. The third kappa shape index (κ3) is 5.30. The number of nitriles is 2. The number of benzene rings is 1. The fourth-order valence-corrected chi connectivity index (χ4v) is 6.10. The molecule has 1 aromatic carbocycles. The van der Waals surface area contributed by atoms with E-state index in [9.17, 15) is 24.1 Å². The van der Waals surface area contributed by atoms with Gasteiger partial charge in [-0.25, -0.2) is 13.8 Å². The maximum atomic E-state index is 13.7. The lowest BCUT2D eigenvalue weighted by molar-refractivity contribution is -0.117. The van der Waals surface area contributed by atoms with Gasteiger partial charge >= 0.3 is 0 Å². The van der Waals surface area contributed by atoms with Crippen LogP contribution in [-0.4, -0.2) is 53.9 Å². The van der Waals surface area contributed by atoms with Gasteiger partial charge in [0.2, 0.25) is 5.91 Å². The van der Waals surface area contributed by atoms with Gasteiger partial charge in [0.15, 0.2) is 0 Å². The molecule has 2 fully saturated rings. The molecule has 2 saturated heterocycles. The minimum atomic E-state index is -2.63. The number of amides is 1. The SMILES string of the molecule is CCc1c(C#N)c(SC(C(N)=O)c2ccccc2)nc(N2CCC(N3CCC(F)(F)C3)CC2)c1C#N. The van der Waals surface area contributed by atoms with Gasteiger partial charge in [0.05, 0.1) is 17.7 Å². The van der Waals surface area contributed by atoms with E-state index in [1.165, 1.54) is 0 Å². The second kappa shape index (κ2) is 10.8. The lowest BCUT2D eigenvalue weighted by atomic mass is 9.99. The number of pyridine rings is 1. The van der Waals surface area contributed by atoms with Crippen molar-refractivity contribution in [3.8, 4) is 12.1 Å². The standard InChI is InChI=1S/C26H28F2N6OS/c1-2-19-20(14-29)24(33-11-8-18(9-12-33)34-13-10-26(27,28)16-34)32-25(21(19)15-30)36-22(23(31)35)17-6-4-3-5-7-17/h3-7,18,22H,2,8-13,16H2,1H3,(H2,31,35). The number of halogens is 2. The molecule has 0 spiro atoms. The third-order valence-electron chi connectivity index (χ3n) is 6.90. The van der Waals surface area contributed by atoms with Crippen LogP contribution in [0, 0.1) is 22.7 Å². The highest BCUT2D eigenvalue weighted by Crippen LogP contribution is 2.40. The molecule has 0 radical (unpaired) electrons. The number of nitrogens with two attached hydrogens (primary N) is 1. The molecule has 3 heterocycles. The molecular formula is C26H28F2N6OS. The van der Waals surface area contributed by atoms with Crippen LogP contribution in [0.5, 0.6) is 0 Å². The summed E-state index contributed by atoms with van der Waals surface area (Å²) in [4.78, 5) is 20.9.